The van der Waals surface area contributed by atoms with Crippen LogP contribution in [-0.4, -0.2) is 40.9 Å². The van der Waals surface area contributed by atoms with Gasteiger partial charge in [-0.25, -0.2) is 4.79 Å². The minimum absolute atomic E-state index is 0.0277. The van der Waals surface area contributed by atoms with Crippen molar-refractivity contribution >= 4 is 22.9 Å². The fraction of sp³-hybridized carbons (Fsp3) is 0.571. The molecule has 1 aliphatic rings. The van der Waals surface area contributed by atoms with Crippen molar-refractivity contribution in [2.45, 2.75) is 52.0 Å². The van der Waals surface area contributed by atoms with Gasteiger partial charge in [-0.2, -0.15) is 0 Å². The largest absolute Gasteiger partial charge is 0.420 e. The van der Waals surface area contributed by atoms with E-state index in [0.717, 1.165) is 25.7 Å². The van der Waals surface area contributed by atoms with Gasteiger partial charge in [-0.1, -0.05) is 38.3 Å². The van der Waals surface area contributed by atoms with Crippen molar-refractivity contribution in [1.29, 1.82) is 0 Å². The molecule has 2 aromatic rings. The molecule has 2 amide bonds. The van der Waals surface area contributed by atoms with Crippen molar-refractivity contribution < 1.29 is 14.0 Å². The van der Waals surface area contributed by atoms with Crippen LogP contribution in [-0.2, 0) is 16.1 Å². The number of oxazole rings is 1. The second kappa shape index (κ2) is 9.57. The number of nitrogens with one attached hydrogen (secondary N) is 1. The first kappa shape index (κ1) is 20.2. The smallest absolute Gasteiger partial charge is 0.408 e. The Hall–Kier alpha value is -2.57. The van der Waals surface area contributed by atoms with Gasteiger partial charge in [0.05, 0.1) is 11.4 Å². The number of amides is 2. The predicted octanol–water partition coefficient (Wildman–Crippen LogP) is 2.53. The number of para-hydroxylation sites is 2. The van der Waals surface area contributed by atoms with E-state index < -0.39 is 5.76 Å². The van der Waals surface area contributed by atoms with E-state index in [1.54, 1.807) is 29.2 Å². The number of hydrogen-bond donors (Lipinski definition) is 1. The van der Waals surface area contributed by atoms with Gasteiger partial charge in [0.2, 0.25) is 11.8 Å². The van der Waals surface area contributed by atoms with Crippen LogP contribution in [0, 0.1) is 5.92 Å². The summed E-state index contributed by atoms with van der Waals surface area (Å²) in [6.07, 6.45) is 6.05. The lowest BCUT2D eigenvalue weighted by atomic mass is 9.97. The summed E-state index contributed by atoms with van der Waals surface area (Å²) in [4.78, 5) is 39.0. The van der Waals surface area contributed by atoms with Crippen LogP contribution in [0.1, 0.15) is 45.4 Å². The quantitative estimate of drug-likeness (QED) is 0.706. The van der Waals surface area contributed by atoms with Crippen molar-refractivity contribution in [3.63, 3.8) is 0 Å². The Morgan fingerprint density at radius 3 is 2.86 bits per heavy atom. The van der Waals surface area contributed by atoms with Crippen molar-refractivity contribution in [3.05, 3.63) is 34.8 Å². The Bertz CT molecular complexity index is 870. The SMILES string of the molecule is CCCCCCNC(=O)C1CCCN(C(=O)Cn2c(=O)oc3ccccc32)C1. The maximum atomic E-state index is 12.8. The third kappa shape index (κ3) is 4.82. The number of piperidine rings is 1. The molecule has 1 aliphatic heterocycles. The van der Waals surface area contributed by atoms with E-state index in [9.17, 15) is 14.4 Å². The average Bonchev–Trinajstić information content (AvgIpc) is 3.03. The van der Waals surface area contributed by atoms with Gasteiger partial charge in [0.1, 0.15) is 6.54 Å². The van der Waals surface area contributed by atoms with Gasteiger partial charge in [-0.05, 0) is 31.4 Å². The lowest BCUT2D eigenvalue weighted by Crippen LogP contribution is -2.47. The van der Waals surface area contributed by atoms with Crippen LogP contribution in [0.25, 0.3) is 11.1 Å². The number of aromatic nitrogens is 1. The molecule has 1 unspecified atom stereocenters. The summed E-state index contributed by atoms with van der Waals surface area (Å²) in [5.74, 6) is -0.844. The maximum Gasteiger partial charge on any atom is 0.420 e. The second-order valence-electron chi connectivity index (χ2n) is 7.45. The highest BCUT2D eigenvalue weighted by Gasteiger charge is 2.28. The molecule has 28 heavy (non-hydrogen) atoms. The molecule has 1 atom stereocenters. The lowest BCUT2D eigenvalue weighted by Gasteiger charge is -2.32. The summed E-state index contributed by atoms with van der Waals surface area (Å²) in [5.41, 5.74) is 1.08. The van der Waals surface area contributed by atoms with E-state index in [0.29, 0.717) is 30.7 Å². The zero-order chi connectivity index (χ0) is 19.9. The normalized spacial score (nSPS) is 17.0. The monoisotopic (exact) mass is 387 g/mol. The molecule has 7 heteroatoms. The Labute approximate surface area is 164 Å². The predicted molar refractivity (Wildman–Crippen MR) is 107 cm³/mol. The number of carbonyl (C=O) groups is 2. The van der Waals surface area contributed by atoms with E-state index in [1.807, 2.05) is 0 Å². The number of carbonyl (C=O) groups excluding carboxylic acids is 2. The highest BCUT2D eigenvalue weighted by atomic mass is 16.4. The zero-order valence-electron chi connectivity index (χ0n) is 16.5. The van der Waals surface area contributed by atoms with Crippen LogP contribution in [0.3, 0.4) is 0 Å². The molecule has 0 radical (unpaired) electrons. The Morgan fingerprint density at radius 1 is 1.21 bits per heavy atom. The maximum absolute atomic E-state index is 12.8. The van der Waals surface area contributed by atoms with Gasteiger partial charge in [0.25, 0.3) is 0 Å². The molecule has 7 nitrogen and oxygen atoms in total. The summed E-state index contributed by atoms with van der Waals surface area (Å²) < 4.78 is 6.55. The summed E-state index contributed by atoms with van der Waals surface area (Å²) in [6, 6.07) is 7.06. The minimum atomic E-state index is -0.534. The van der Waals surface area contributed by atoms with Crippen molar-refractivity contribution in [1.82, 2.24) is 14.8 Å². The lowest BCUT2D eigenvalue weighted by molar-refractivity contribution is -0.136. The molecule has 2 heterocycles. The molecule has 1 aromatic carbocycles. The first-order valence-corrected chi connectivity index (χ1v) is 10.2. The van der Waals surface area contributed by atoms with Gasteiger partial charge < -0.3 is 14.6 Å². The third-order valence-electron chi connectivity index (χ3n) is 5.34. The van der Waals surface area contributed by atoms with Crippen molar-refractivity contribution in [2.75, 3.05) is 19.6 Å². The minimum Gasteiger partial charge on any atom is -0.408 e. The average molecular weight is 387 g/mol. The number of rotatable bonds is 8. The van der Waals surface area contributed by atoms with Crippen LogP contribution >= 0.6 is 0 Å². The number of unbranched alkanes of at least 4 members (excludes halogenated alkanes) is 3. The fourth-order valence-corrected chi connectivity index (χ4v) is 3.72. The van der Waals surface area contributed by atoms with Gasteiger partial charge in [-0.3, -0.25) is 14.2 Å². The highest BCUT2D eigenvalue weighted by molar-refractivity contribution is 5.82. The van der Waals surface area contributed by atoms with Crippen LogP contribution < -0.4 is 11.1 Å². The first-order valence-electron chi connectivity index (χ1n) is 10.2. The van der Waals surface area contributed by atoms with Gasteiger partial charge >= 0.3 is 5.76 Å². The van der Waals surface area contributed by atoms with E-state index in [2.05, 4.69) is 12.2 Å². The summed E-state index contributed by atoms with van der Waals surface area (Å²) >= 11 is 0. The molecule has 1 aromatic heterocycles. The number of hydrogen-bond acceptors (Lipinski definition) is 4. The Kier molecular flexibility index (Phi) is 6.90. The number of likely N-dealkylation sites (tertiary alicyclic amines) is 1. The van der Waals surface area contributed by atoms with Gasteiger partial charge in [0, 0.05) is 19.6 Å². The van der Waals surface area contributed by atoms with E-state index in [-0.39, 0.29) is 24.3 Å². The van der Waals surface area contributed by atoms with Gasteiger partial charge in [0.15, 0.2) is 5.58 Å². The van der Waals surface area contributed by atoms with Crippen LogP contribution in [0.5, 0.6) is 0 Å². The molecule has 3 rings (SSSR count). The molecule has 1 fully saturated rings. The molecule has 0 saturated carbocycles. The third-order valence-corrected chi connectivity index (χ3v) is 5.34. The van der Waals surface area contributed by atoms with Crippen LogP contribution in [0.15, 0.2) is 33.5 Å². The number of nitrogens with zero attached hydrogens (tertiary/aromatic N) is 2. The fourth-order valence-electron chi connectivity index (χ4n) is 3.72. The number of benzene rings is 1. The van der Waals surface area contributed by atoms with Crippen LogP contribution in [0.2, 0.25) is 0 Å². The second-order valence-corrected chi connectivity index (χ2v) is 7.45. The summed E-state index contributed by atoms with van der Waals surface area (Å²) in [6.45, 7) is 3.81. The molecule has 0 bridgehead atoms. The van der Waals surface area contributed by atoms with Gasteiger partial charge in [-0.15, -0.1) is 0 Å². The zero-order valence-corrected chi connectivity index (χ0v) is 16.5. The molecular formula is C21H29N3O4. The van der Waals surface area contributed by atoms with Crippen LogP contribution in [0.4, 0.5) is 0 Å². The molecule has 1 saturated heterocycles. The molecule has 0 spiro atoms. The van der Waals surface area contributed by atoms with Crippen molar-refractivity contribution in [3.8, 4) is 0 Å². The van der Waals surface area contributed by atoms with E-state index in [1.165, 1.54) is 17.4 Å². The van der Waals surface area contributed by atoms with E-state index >= 15 is 0 Å². The first-order chi connectivity index (χ1) is 13.6. The topological polar surface area (TPSA) is 84.5 Å². The summed E-state index contributed by atoms with van der Waals surface area (Å²) in [7, 11) is 0. The standard InChI is InChI=1S/C21H29N3O4/c1-2-3-4-7-12-22-20(26)16-9-8-13-23(14-16)19(25)15-24-17-10-5-6-11-18(17)28-21(24)27/h5-6,10-11,16H,2-4,7-9,12-15H2,1H3,(H,22,26). The summed E-state index contributed by atoms with van der Waals surface area (Å²) in [5, 5.41) is 3.00. The molecule has 1 N–H and O–H groups in total. The molecular weight excluding hydrogens is 358 g/mol. The Balaban J connectivity index is 1.56. The molecule has 152 valence electrons. The Morgan fingerprint density at radius 2 is 2.04 bits per heavy atom. The number of fused-ring (bicyclic) bond motifs is 1. The highest BCUT2D eigenvalue weighted by Crippen LogP contribution is 2.18. The van der Waals surface area contributed by atoms with E-state index in [4.69, 9.17) is 4.42 Å². The molecule has 0 aliphatic carbocycles. The van der Waals surface area contributed by atoms with Crippen molar-refractivity contribution in [2.24, 2.45) is 5.92 Å².